The van der Waals surface area contributed by atoms with Gasteiger partial charge in [-0.15, -0.1) is 0 Å². The molecule has 0 fully saturated rings. The van der Waals surface area contributed by atoms with Crippen LogP contribution in [0.4, 0.5) is 0 Å². The van der Waals surface area contributed by atoms with Crippen molar-refractivity contribution in [1.29, 1.82) is 0 Å². The summed E-state index contributed by atoms with van der Waals surface area (Å²) in [5.74, 6) is 0. The van der Waals surface area contributed by atoms with Crippen molar-refractivity contribution in [1.82, 2.24) is 0 Å². The van der Waals surface area contributed by atoms with Crippen LogP contribution in [0, 0.1) is 0 Å². The van der Waals surface area contributed by atoms with E-state index in [1.807, 2.05) is 0 Å². The molecule has 0 spiro atoms. The molecule has 0 saturated carbocycles. The molecule has 0 radical (unpaired) electrons. The van der Waals surface area contributed by atoms with Gasteiger partial charge in [-0.1, -0.05) is 0 Å². The highest BCUT2D eigenvalue weighted by molar-refractivity contribution is 7.91. The van der Waals surface area contributed by atoms with Crippen molar-refractivity contribution >= 4 is 16.0 Å². The second-order valence-electron chi connectivity index (χ2n) is 1.71. The second-order valence-corrected chi connectivity index (χ2v) is 10.3. The molecular weight excluding hydrogens is 131 g/mol. The highest BCUT2D eigenvalue weighted by Crippen LogP contribution is 2.47. The second kappa shape index (κ2) is 2.20. The summed E-state index contributed by atoms with van der Waals surface area (Å²) in [6.07, 6.45) is 0. The molecule has 0 aromatic rings. The SMILES string of the molecule is C[SiH](C)[P+](O)(O)O. The first kappa shape index (κ1) is 7.53. The Bertz CT molecular complexity index is 58.4. The highest BCUT2D eigenvalue weighted by atomic mass is 31.5. The molecule has 3 nitrogen and oxygen atoms in total. The third-order valence-electron chi connectivity index (χ3n) is 0.693. The zero-order valence-electron chi connectivity index (χ0n) is 4.37. The van der Waals surface area contributed by atoms with Crippen LogP contribution in [-0.2, 0) is 0 Å². The average Bonchev–Trinajstić information content (AvgIpc) is 1.31. The Hall–Kier alpha value is 0.527. The lowest BCUT2D eigenvalue weighted by molar-refractivity contribution is 0.353. The molecule has 0 amide bonds. The lowest BCUT2D eigenvalue weighted by Gasteiger charge is -2.04. The van der Waals surface area contributed by atoms with Crippen molar-refractivity contribution in [3.8, 4) is 0 Å². The van der Waals surface area contributed by atoms with Gasteiger partial charge in [-0.05, 0) is 13.1 Å². The van der Waals surface area contributed by atoms with E-state index in [1.54, 1.807) is 13.1 Å². The number of hydrogen-bond acceptors (Lipinski definition) is 3. The molecule has 0 heterocycles. The lowest BCUT2D eigenvalue weighted by atomic mass is 11.9. The minimum atomic E-state index is -3.35. The standard InChI is InChI=1S/C2H10O3PSi/c1-7(2)6(3,4)5/h3-5,7H,1-2H3/q+1. The van der Waals surface area contributed by atoms with E-state index in [1.165, 1.54) is 0 Å². The molecule has 3 N–H and O–H groups in total. The largest absolute Gasteiger partial charge is 0.342 e. The Morgan fingerprint density at radius 1 is 1.14 bits per heavy atom. The minimum absolute atomic E-state index is 1.58. The van der Waals surface area contributed by atoms with Crippen LogP contribution in [-0.4, -0.2) is 23.1 Å². The summed E-state index contributed by atoms with van der Waals surface area (Å²) in [7, 11) is -4.93. The maximum absolute atomic E-state index is 8.38. The van der Waals surface area contributed by atoms with E-state index in [4.69, 9.17) is 14.7 Å². The third-order valence-corrected chi connectivity index (χ3v) is 6.24. The van der Waals surface area contributed by atoms with Gasteiger partial charge in [0, 0.05) is 0 Å². The predicted molar refractivity (Wildman–Crippen MR) is 32.5 cm³/mol. The van der Waals surface area contributed by atoms with Crippen molar-refractivity contribution in [3.63, 3.8) is 0 Å². The van der Waals surface area contributed by atoms with E-state index in [-0.39, 0.29) is 0 Å². The van der Waals surface area contributed by atoms with E-state index in [0.29, 0.717) is 0 Å². The minimum Gasteiger partial charge on any atom is -0.205 e. The zero-order chi connectivity index (χ0) is 6.08. The highest BCUT2D eigenvalue weighted by Gasteiger charge is 2.35. The molecule has 0 bridgehead atoms. The Labute approximate surface area is 44.7 Å². The molecule has 0 rings (SSSR count). The van der Waals surface area contributed by atoms with Crippen molar-refractivity contribution in [2.24, 2.45) is 0 Å². The molecule has 0 unspecified atom stereocenters. The van der Waals surface area contributed by atoms with Crippen LogP contribution in [0.15, 0.2) is 0 Å². The molecular formula is C2H10O3PSi+. The first-order valence-electron chi connectivity index (χ1n) is 2.01. The molecule has 7 heavy (non-hydrogen) atoms. The van der Waals surface area contributed by atoms with Crippen molar-refractivity contribution in [2.45, 2.75) is 13.1 Å². The van der Waals surface area contributed by atoms with Gasteiger partial charge in [-0.25, -0.2) is 14.7 Å². The van der Waals surface area contributed by atoms with Gasteiger partial charge in [0.1, 0.15) is 0 Å². The summed E-state index contributed by atoms with van der Waals surface area (Å²) in [5, 5.41) is 0. The molecule has 0 saturated heterocycles. The Balaban J connectivity index is 3.54. The molecule has 0 aliphatic rings. The van der Waals surface area contributed by atoms with Crippen LogP contribution < -0.4 is 0 Å². The summed E-state index contributed by atoms with van der Waals surface area (Å²) in [5.41, 5.74) is 0. The summed E-state index contributed by atoms with van der Waals surface area (Å²) < 4.78 is 0. The maximum Gasteiger partial charge on any atom is 0.342 e. The molecule has 0 aliphatic heterocycles. The molecule has 44 valence electrons. The van der Waals surface area contributed by atoms with Crippen LogP contribution in [0.5, 0.6) is 0 Å². The monoisotopic (exact) mass is 141 g/mol. The van der Waals surface area contributed by atoms with Gasteiger partial charge in [-0.2, -0.15) is 0 Å². The normalized spacial score (nSPS) is 12.9. The Morgan fingerprint density at radius 3 is 1.29 bits per heavy atom. The smallest absolute Gasteiger partial charge is 0.205 e. The average molecular weight is 141 g/mol. The van der Waals surface area contributed by atoms with Gasteiger partial charge >= 0.3 is 16.0 Å². The van der Waals surface area contributed by atoms with Gasteiger partial charge in [-0.3, -0.25) is 0 Å². The van der Waals surface area contributed by atoms with Gasteiger partial charge in [0.25, 0.3) is 0 Å². The number of rotatable bonds is 1. The fourth-order valence-electron chi connectivity index (χ4n) is 0. The third kappa shape index (κ3) is 3.14. The van der Waals surface area contributed by atoms with Gasteiger partial charge < -0.3 is 0 Å². The quantitative estimate of drug-likeness (QED) is 0.347. The van der Waals surface area contributed by atoms with E-state index >= 15 is 0 Å². The molecule has 0 atom stereocenters. The summed E-state index contributed by atoms with van der Waals surface area (Å²) >= 11 is 0. The van der Waals surface area contributed by atoms with Crippen LogP contribution in [0.2, 0.25) is 13.1 Å². The van der Waals surface area contributed by atoms with Gasteiger partial charge in [0.15, 0.2) is 0 Å². The van der Waals surface area contributed by atoms with Gasteiger partial charge in [0.05, 0.1) is 0 Å². The summed E-state index contributed by atoms with van der Waals surface area (Å²) in [4.78, 5) is 25.1. The Kier molecular flexibility index (Phi) is 2.36. The molecule has 0 aromatic heterocycles. The summed E-state index contributed by atoms with van der Waals surface area (Å²) in [6, 6.07) is 0. The van der Waals surface area contributed by atoms with E-state index in [9.17, 15) is 0 Å². The fraction of sp³-hybridized carbons (Fsp3) is 1.00. The Morgan fingerprint density at radius 2 is 1.29 bits per heavy atom. The molecule has 5 heteroatoms. The van der Waals surface area contributed by atoms with Crippen molar-refractivity contribution < 1.29 is 14.7 Å². The maximum atomic E-state index is 8.38. The topological polar surface area (TPSA) is 60.7 Å². The first-order valence-corrected chi connectivity index (χ1v) is 7.59. The van der Waals surface area contributed by atoms with Crippen LogP contribution in [0.3, 0.4) is 0 Å². The lowest BCUT2D eigenvalue weighted by Crippen LogP contribution is -2.06. The van der Waals surface area contributed by atoms with E-state index < -0.39 is 16.0 Å². The van der Waals surface area contributed by atoms with Crippen LogP contribution in [0.1, 0.15) is 0 Å². The van der Waals surface area contributed by atoms with Gasteiger partial charge in [0.2, 0.25) is 0 Å². The van der Waals surface area contributed by atoms with E-state index in [0.717, 1.165) is 0 Å². The fourth-order valence-corrected chi connectivity index (χ4v) is 0. The van der Waals surface area contributed by atoms with Crippen LogP contribution in [0.25, 0.3) is 0 Å². The van der Waals surface area contributed by atoms with Crippen LogP contribution >= 0.6 is 7.49 Å². The zero-order valence-corrected chi connectivity index (χ0v) is 6.42. The van der Waals surface area contributed by atoms with E-state index in [2.05, 4.69) is 0 Å². The predicted octanol–water partition coefficient (Wildman–Crippen LogP) is -0.291. The summed E-state index contributed by atoms with van der Waals surface area (Å²) in [6.45, 7) is 3.38. The molecule has 0 aromatic carbocycles. The first-order chi connectivity index (χ1) is 2.94. The molecule has 0 aliphatic carbocycles. The number of hydrogen-bond donors (Lipinski definition) is 3. The van der Waals surface area contributed by atoms with Crippen molar-refractivity contribution in [2.75, 3.05) is 0 Å². The van der Waals surface area contributed by atoms with Crippen molar-refractivity contribution in [3.05, 3.63) is 0 Å².